The fraction of sp³-hybridized carbons (Fsp3) is 0.455. The summed E-state index contributed by atoms with van der Waals surface area (Å²) in [5, 5.41) is 8.61. The van der Waals surface area contributed by atoms with E-state index in [4.69, 9.17) is 5.11 Å². The third-order valence-electron chi connectivity index (χ3n) is 2.81. The van der Waals surface area contributed by atoms with Crippen LogP contribution < -0.4 is 4.72 Å². The van der Waals surface area contributed by atoms with Gasteiger partial charge in [0.25, 0.3) is 0 Å². The number of aliphatic carboxylic acids is 1. The van der Waals surface area contributed by atoms with Crippen LogP contribution in [-0.4, -0.2) is 41.9 Å². The van der Waals surface area contributed by atoms with Gasteiger partial charge in [0.05, 0.1) is 24.0 Å². The monoisotopic (exact) mass is 285 g/mol. The van der Waals surface area contributed by atoms with Gasteiger partial charge in [-0.3, -0.25) is 14.5 Å². The van der Waals surface area contributed by atoms with E-state index in [1.54, 1.807) is 0 Å². The van der Waals surface area contributed by atoms with Crippen molar-refractivity contribution in [3.8, 4) is 0 Å². The largest absolute Gasteiger partial charge is 0.481 e. The smallest absolute Gasteiger partial charge is 0.309 e. The first-order valence-corrected chi connectivity index (χ1v) is 7.36. The van der Waals surface area contributed by atoms with Crippen molar-refractivity contribution in [2.75, 3.05) is 17.8 Å². The Morgan fingerprint density at radius 2 is 2.05 bits per heavy atom. The molecule has 0 bridgehead atoms. The molecule has 0 aliphatic carbocycles. The first-order valence-electron chi connectivity index (χ1n) is 5.92. The molecule has 7 nitrogen and oxygen atoms in total. The summed E-state index contributed by atoms with van der Waals surface area (Å²) < 4.78 is 27.7. The van der Waals surface area contributed by atoms with Crippen LogP contribution in [0.5, 0.6) is 0 Å². The number of nitrogens with one attached hydrogen (secondary N) is 1. The second kappa shape index (κ2) is 5.54. The lowest BCUT2D eigenvalue weighted by Gasteiger charge is -2.16. The Hall–Kier alpha value is -1.67. The maximum atomic E-state index is 12.0. The molecule has 0 radical (unpaired) electrons. The number of hydrogen-bond acceptors (Lipinski definition) is 4. The summed E-state index contributed by atoms with van der Waals surface area (Å²) in [4.78, 5) is 14.4. The number of rotatable bonds is 5. The van der Waals surface area contributed by atoms with E-state index < -0.39 is 16.2 Å². The fourth-order valence-corrected chi connectivity index (χ4v) is 3.17. The summed E-state index contributed by atoms with van der Waals surface area (Å²) in [6.07, 6.45) is 2.89. The van der Waals surface area contributed by atoms with E-state index in [2.05, 4.69) is 9.71 Å². The molecule has 2 N–H and O–H groups in total. The highest BCUT2D eigenvalue weighted by atomic mass is 32.2. The van der Waals surface area contributed by atoms with Crippen LogP contribution in [0.15, 0.2) is 18.3 Å². The molecule has 104 valence electrons. The van der Waals surface area contributed by atoms with Gasteiger partial charge in [0.1, 0.15) is 0 Å². The second-order valence-electron chi connectivity index (χ2n) is 4.32. The second-order valence-corrected chi connectivity index (χ2v) is 5.99. The normalized spacial score (nSPS) is 16.4. The van der Waals surface area contributed by atoms with E-state index >= 15 is 0 Å². The van der Waals surface area contributed by atoms with Crippen molar-refractivity contribution in [1.82, 2.24) is 9.29 Å². The average molecular weight is 285 g/mol. The van der Waals surface area contributed by atoms with Crippen LogP contribution in [0.25, 0.3) is 0 Å². The molecule has 0 amide bonds. The van der Waals surface area contributed by atoms with Crippen molar-refractivity contribution >= 4 is 21.9 Å². The summed E-state index contributed by atoms with van der Waals surface area (Å²) in [6, 6.07) is 3.01. The Labute approximate surface area is 111 Å². The summed E-state index contributed by atoms with van der Waals surface area (Å²) in [5.74, 6) is -0.974. The van der Waals surface area contributed by atoms with Gasteiger partial charge in [0.2, 0.25) is 0 Å². The number of carboxylic acids is 1. The third kappa shape index (κ3) is 3.65. The summed E-state index contributed by atoms with van der Waals surface area (Å²) in [7, 11) is -3.52. The number of anilines is 1. The van der Waals surface area contributed by atoms with Gasteiger partial charge >= 0.3 is 16.2 Å². The molecule has 1 aliphatic heterocycles. The van der Waals surface area contributed by atoms with Gasteiger partial charge < -0.3 is 5.11 Å². The lowest BCUT2D eigenvalue weighted by molar-refractivity contribution is -0.136. The maximum Gasteiger partial charge on any atom is 0.309 e. The zero-order valence-electron chi connectivity index (χ0n) is 10.2. The zero-order chi connectivity index (χ0) is 13.9. The first-order chi connectivity index (χ1) is 8.97. The van der Waals surface area contributed by atoms with Crippen LogP contribution in [0.4, 0.5) is 5.69 Å². The molecular weight excluding hydrogens is 270 g/mol. The van der Waals surface area contributed by atoms with E-state index in [0.717, 1.165) is 12.8 Å². The SMILES string of the molecule is O=C(O)Cc1ccc(NS(=O)(=O)N2CCCC2)cn1. The molecule has 0 saturated carbocycles. The Morgan fingerprint density at radius 1 is 1.37 bits per heavy atom. The van der Waals surface area contributed by atoms with Gasteiger partial charge in [-0.25, -0.2) is 0 Å². The van der Waals surface area contributed by atoms with Crippen LogP contribution in [0.1, 0.15) is 18.5 Å². The minimum absolute atomic E-state index is 0.181. The molecule has 0 atom stereocenters. The molecule has 8 heteroatoms. The Morgan fingerprint density at radius 3 is 2.58 bits per heavy atom. The molecular formula is C11H15N3O4S. The van der Waals surface area contributed by atoms with Crippen LogP contribution in [0.3, 0.4) is 0 Å². The summed E-state index contributed by atoms with van der Waals surface area (Å²) in [6.45, 7) is 1.06. The van der Waals surface area contributed by atoms with Gasteiger partial charge in [-0.05, 0) is 25.0 Å². The number of hydrogen-bond donors (Lipinski definition) is 2. The molecule has 19 heavy (non-hydrogen) atoms. The molecule has 0 spiro atoms. The zero-order valence-corrected chi connectivity index (χ0v) is 11.1. The van der Waals surface area contributed by atoms with E-state index in [9.17, 15) is 13.2 Å². The van der Waals surface area contributed by atoms with Gasteiger partial charge in [0, 0.05) is 13.1 Å². The van der Waals surface area contributed by atoms with Crippen molar-refractivity contribution in [1.29, 1.82) is 0 Å². The van der Waals surface area contributed by atoms with Crippen LogP contribution in [0.2, 0.25) is 0 Å². The van der Waals surface area contributed by atoms with E-state index in [-0.39, 0.29) is 6.42 Å². The lowest BCUT2D eigenvalue weighted by Crippen LogP contribution is -2.33. The standard InChI is InChI=1S/C11H15N3O4S/c15-11(16)7-9-3-4-10(8-12-9)13-19(17,18)14-5-1-2-6-14/h3-4,8,13H,1-2,5-7H2,(H,15,16). The van der Waals surface area contributed by atoms with Crippen molar-refractivity contribution in [3.63, 3.8) is 0 Å². The van der Waals surface area contributed by atoms with Gasteiger partial charge in [-0.1, -0.05) is 0 Å². The molecule has 0 unspecified atom stereocenters. The predicted octanol–water partition coefficient (Wildman–Crippen LogP) is 0.461. The van der Waals surface area contributed by atoms with Crippen LogP contribution in [0, 0.1) is 0 Å². The minimum Gasteiger partial charge on any atom is -0.481 e. The molecule has 1 saturated heterocycles. The Bertz CT molecular complexity index is 550. The molecule has 0 aromatic carbocycles. The minimum atomic E-state index is -3.52. The van der Waals surface area contributed by atoms with E-state index in [1.807, 2.05) is 0 Å². The Balaban J connectivity index is 2.04. The number of carbonyl (C=O) groups is 1. The van der Waals surface area contributed by atoms with Crippen molar-refractivity contribution in [2.24, 2.45) is 0 Å². The van der Waals surface area contributed by atoms with Gasteiger partial charge in [0.15, 0.2) is 0 Å². The van der Waals surface area contributed by atoms with Crippen molar-refractivity contribution in [2.45, 2.75) is 19.3 Å². The number of aromatic nitrogens is 1. The highest BCUT2D eigenvalue weighted by molar-refractivity contribution is 7.90. The fourth-order valence-electron chi connectivity index (χ4n) is 1.89. The average Bonchev–Trinajstić information content (AvgIpc) is 2.85. The van der Waals surface area contributed by atoms with Gasteiger partial charge in [-0.2, -0.15) is 12.7 Å². The molecule has 1 aliphatic rings. The first kappa shape index (κ1) is 13.8. The van der Waals surface area contributed by atoms with Crippen molar-refractivity contribution < 1.29 is 18.3 Å². The van der Waals surface area contributed by atoms with E-state index in [0.29, 0.717) is 24.5 Å². The summed E-state index contributed by atoms with van der Waals surface area (Å²) >= 11 is 0. The third-order valence-corrected chi connectivity index (χ3v) is 4.35. The lowest BCUT2D eigenvalue weighted by atomic mass is 10.3. The Kier molecular flexibility index (Phi) is 4.01. The van der Waals surface area contributed by atoms with Crippen LogP contribution in [-0.2, 0) is 21.4 Å². The maximum absolute atomic E-state index is 12.0. The molecule has 2 heterocycles. The van der Waals surface area contributed by atoms with Gasteiger partial charge in [-0.15, -0.1) is 0 Å². The summed E-state index contributed by atoms with van der Waals surface area (Å²) in [5.41, 5.74) is 0.720. The number of nitrogens with zero attached hydrogens (tertiary/aromatic N) is 2. The highest BCUT2D eigenvalue weighted by Gasteiger charge is 2.25. The molecule has 2 rings (SSSR count). The number of pyridine rings is 1. The van der Waals surface area contributed by atoms with Crippen LogP contribution >= 0.6 is 0 Å². The van der Waals surface area contributed by atoms with E-state index in [1.165, 1.54) is 22.6 Å². The van der Waals surface area contributed by atoms with Crippen molar-refractivity contribution in [3.05, 3.63) is 24.0 Å². The number of carboxylic acid groups (broad SMARTS) is 1. The quantitative estimate of drug-likeness (QED) is 0.818. The highest BCUT2D eigenvalue weighted by Crippen LogP contribution is 2.16. The molecule has 1 fully saturated rings. The molecule has 1 aromatic rings. The topological polar surface area (TPSA) is 99.6 Å². The predicted molar refractivity (Wildman–Crippen MR) is 68.9 cm³/mol. The molecule has 1 aromatic heterocycles.